The topological polar surface area (TPSA) is 55.4 Å². The SMILES string of the molecule is COc1ccc(F)c(CCNC(=S)Nc2ccc(Cl)cn2)c1OC. The summed E-state index contributed by atoms with van der Waals surface area (Å²) in [6, 6.07) is 6.30. The minimum atomic E-state index is -0.354. The molecule has 1 aromatic carbocycles. The van der Waals surface area contributed by atoms with Crippen LogP contribution in [0.4, 0.5) is 10.2 Å². The summed E-state index contributed by atoms with van der Waals surface area (Å²) in [5.41, 5.74) is 0.428. The second-order valence-corrected chi connectivity index (χ2v) is 5.60. The van der Waals surface area contributed by atoms with Gasteiger partial charge in [-0.05, 0) is 42.9 Å². The maximum Gasteiger partial charge on any atom is 0.171 e. The van der Waals surface area contributed by atoms with Gasteiger partial charge >= 0.3 is 0 Å². The van der Waals surface area contributed by atoms with Gasteiger partial charge in [0, 0.05) is 18.3 Å². The molecular formula is C16H17ClFN3O2S. The van der Waals surface area contributed by atoms with Gasteiger partial charge < -0.3 is 20.1 Å². The molecule has 0 saturated heterocycles. The molecule has 0 aliphatic rings. The molecule has 0 bridgehead atoms. The molecule has 0 amide bonds. The minimum Gasteiger partial charge on any atom is -0.493 e. The van der Waals surface area contributed by atoms with E-state index >= 15 is 0 Å². The molecular weight excluding hydrogens is 353 g/mol. The quantitative estimate of drug-likeness (QED) is 0.761. The monoisotopic (exact) mass is 369 g/mol. The summed E-state index contributed by atoms with van der Waals surface area (Å²) in [5, 5.41) is 6.84. The van der Waals surface area contributed by atoms with Gasteiger partial charge in [0.15, 0.2) is 16.6 Å². The van der Waals surface area contributed by atoms with Crippen LogP contribution >= 0.6 is 23.8 Å². The lowest BCUT2D eigenvalue weighted by molar-refractivity contribution is 0.348. The van der Waals surface area contributed by atoms with E-state index in [-0.39, 0.29) is 5.82 Å². The molecule has 2 N–H and O–H groups in total. The summed E-state index contributed by atoms with van der Waals surface area (Å²) in [5.74, 6) is 1.09. The number of nitrogens with one attached hydrogen (secondary N) is 2. The van der Waals surface area contributed by atoms with Crippen LogP contribution < -0.4 is 20.1 Å². The Bertz CT molecular complexity index is 713. The average molecular weight is 370 g/mol. The van der Waals surface area contributed by atoms with Crippen LogP contribution in [0.3, 0.4) is 0 Å². The van der Waals surface area contributed by atoms with E-state index in [0.717, 1.165) is 0 Å². The Morgan fingerprint density at radius 2 is 2.04 bits per heavy atom. The summed E-state index contributed by atoms with van der Waals surface area (Å²) in [6.07, 6.45) is 1.89. The van der Waals surface area contributed by atoms with Crippen molar-refractivity contribution in [3.05, 3.63) is 46.9 Å². The van der Waals surface area contributed by atoms with Crippen LogP contribution in [0.1, 0.15) is 5.56 Å². The lowest BCUT2D eigenvalue weighted by Crippen LogP contribution is -2.30. The van der Waals surface area contributed by atoms with Crippen LogP contribution in [0.2, 0.25) is 5.02 Å². The fourth-order valence-corrected chi connectivity index (χ4v) is 2.43. The average Bonchev–Trinajstić information content (AvgIpc) is 2.58. The van der Waals surface area contributed by atoms with Crippen molar-refractivity contribution in [2.75, 3.05) is 26.1 Å². The van der Waals surface area contributed by atoms with Gasteiger partial charge in [-0.3, -0.25) is 0 Å². The van der Waals surface area contributed by atoms with Crippen molar-refractivity contribution in [2.45, 2.75) is 6.42 Å². The molecule has 0 radical (unpaired) electrons. The predicted molar refractivity (Wildman–Crippen MR) is 96.7 cm³/mol. The number of hydrogen-bond acceptors (Lipinski definition) is 4. The number of anilines is 1. The van der Waals surface area contributed by atoms with E-state index in [4.69, 9.17) is 33.3 Å². The van der Waals surface area contributed by atoms with Gasteiger partial charge in [-0.2, -0.15) is 0 Å². The number of nitrogens with zero attached hydrogens (tertiary/aromatic N) is 1. The smallest absolute Gasteiger partial charge is 0.171 e. The first-order valence-electron chi connectivity index (χ1n) is 7.11. The third-order valence-electron chi connectivity index (χ3n) is 3.22. The zero-order valence-corrected chi connectivity index (χ0v) is 14.8. The number of hydrogen-bond donors (Lipinski definition) is 2. The number of benzene rings is 1. The first-order valence-corrected chi connectivity index (χ1v) is 7.89. The van der Waals surface area contributed by atoms with Gasteiger partial charge in [0.25, 0.3) is 0 Å². The molecule has 8 heteroatoms. The highest BCUT2D eigenvalue weighted by Gasteiger charge is 2.14. The molecule has 0 saturated carbocycles. The zero-order valence-electron chi connectivity index (χ0n) is 13.2. The van der Waals surface area contributed by atoms with E-state index in [1.807, 2.05) is 0 Å². The molecule has 1 heterocycles. The molecule has 1 aromatic heterocycles. The Morgan fingerprint density at radius 3 is 2.67 bits per heavy atom. The van der Waals surface area contributed by atoms with E-state index in [9.17, 15) is 4.39 Å². The number of pyridine rings is 1. The first-order chi connectivity index (χ1) is 11.5. The summed E-state index contributed by atoms with van der Waals surface area (Å²) in [6.45, 7) is 0.417. The number of aromatic nitrogens is 1. The maximum atomic E-state index is 14.0. The van der Waals surface area contributed by atoms with E-state index in [0.29, 0.717) is 46.0 Å². The second-order valence-electron chi connectivity index (χ2n) is 4.75. The standard InChI is InChI=1S/C16H17ClFN3O2S/c1-22-13-5-4-12(18)11(15(13)23-2)7-8-19-16(24)21-14-6-3-10(17)9-20-14/h3-6,9H,7-8H2,1-2H3,(H2,19,20,21,24). The van der Waals surface area contributed by atoms with Gasteiger partial charge in [-0.25, -0.2) is 9.37 Å². The summed E-state index contributed by atoms with van der Waals surface area (Å²) in [7, 11) is 2.99. The Hall–Kier alpha value is -2.12. The van der Waals surface area contributed by atoms with Crippen LogP contribution in [0.5, 0.6) is 11.5 Å². The van der Waals surface area contributed by atoms with E-state index in [2.05, 4.69) is 15.6 Å². The number of methoxy groups -OCH3 is 2. The van der Waals surface area contributed by atoms with E-state index in [1.54, 1.807) is 12.1 Å². The second kappa shape index (κ2) is 8.65. The highest BCUT2D eigenvalue weighted by atomic mass is 35.5. The molecule has 128 valence electrons. The van der Waals surface area contributed by atoms with Crippen molar-refractivity contribution < 1.29 is 13.9 Å². The molecule has 0 unspecified atom stereocenters. The third kappa shape index (κ3) is 4.69. The molecule has 2 aromatic rings. The van der Waals surface area contributed by atoms with Gasteiger partial charge in [0.2, 0.25) is 0 Å². The molecule has 0 spiro atoms. The van der Waals surface area contributed by atoms with Crippen LogP contribution in [0.15, 0.2) is 30.5 Å². The van der Waals surface area contributed by atoms with Gasteiger partial charge in [0.05, 0.1) is 19.2 Å². The molecule has 0 aliphatic carbocycles. The first kappa shape index (κ1) is 18.2. The summed E-state index contributed by atoms with van der Waals surface area (Å²) in [4.78, 5) is 4.08. The Labute approximate surface area is 150 Å². The highest BCUT2D eigenvalue weighted by molar-refractivity contribution is 7.80. The lowest BCUT2D eigenvalue weighted by atomic mass is 10.1. The lowest BCUT2D eigenvalue weighted by Gasteiger charge is -2.14. The maximum absolute atomic E-state index is 14.0. The molecule has 5 nitrogen and oxygen atoms in total. The zero-order chi connectivity index (χ0) is 17.5. The van der Waals surface area contributed by atoms with Crippen molar-refractivity contribution in [3.8, 4) is 11.5 Å². The molecule has 0 atom stereocenters. The number of rotatable bonds is 6. The van der Waals surface area contributed by atoms with Crippen molar-refractivity contribution >= 4 is 34.7 Å². The van der Waals surface area contributed by atoms with Crippen LogP contribution in [0, 0.1) is 5.82 Å². The van der Waals surface area contributed by atoms with Gasteiger partial charge in [-0.15, -0.1) is 0 Å². The van der Waals surface area contributed by atoms with Crippen LogP contribution in [0.25, 0.3) is 0 Å². The van der Waals surface area contributed by atoms with Crippen molar-refractivity contribution in [1.29, 1.82) is 0 Å². The van der Waals surface area contributed by atoms with Gasteiger partial charge in [0.1, 0.15) is 11.6 Å². The van der Waals surface area contributed by atoms with Crippen molar-refractivity contribution in [2.24, 2.45) is 0 Å². The predicted octanol–water partition coefficient (Wildman–Crippen LogP) is 3.42. The van der Waals surface area contributed by atoms with E-state index in [1.165, 1.54) is 32.5 Å². The number of halogens is 2. The number of thiocarbonyl (C=S) groups is 1. The highest BCUT2D eigenvalue weighted by Crippen LogP contribution is 2.32. The normalized spacial score (nSPS) is 10.2. The van der Waals surface area contributed by atoms with Crippen molar-refractivity contribution in [1.82, 2.24) is 10.3 Å². The van der Waals surface area contributed by atoms with Crippen molar-refractivity contribution in [3.63, 3.8) is 0 Å². The summed E-state index contributed by atoms with van der Waals surface area (Å²) >= 11 is 11.0. The Kier molecular flexibility index (Phi) is 6.57. The van der Waals surface area contributed by atoms with Crippen LogP contribution in [-0.2, 0) is 6.42 Å². The van der Waals surface area contributed by atoms with Gasteiger partial charge in [-0.1, -0.05) is 11.6 Å². The van der Waals surface area contributed by atoms with Crippen LogP contribution in [-0.4, -0.2) is 30.9 Å². The minimum absolute atomic E-state index is 0.354. The Morgan fingerprint density at radius 1 is 1.25 bits per heavy atom. The fourth-order valence-electron chi connectivity index (χ4n) is 2.11. The third-order valence-corrected chi connectivity index (χ3v) is 3.69. The molecule has 24 heavy (non-hydrogen) atoms. The van der Waals surface area contributed by atoms with E-state index < -0.39 is 0 Å². The Balaban J connectivity index is 1.94. The molecule has 2 rings (SSSR count). The largest absolute Gasteiger partial charge is 0.493 e. The molecule has 0 fully saturated rings. The number of ether oxygens (including phenoxy) is 2. The fraction of sp³-hybridized carbons (Fsp3) is 0.250. The molecule has 0 aliphatic heterocycles. The summed E-state index contributed by atoms with van der Waals surface area (Å²) < 4.78 is 24.5.